The van der Waals surface area contributed by atoms with Crippen LogP contribution in [0, 0.1) is 5.92 Å². The molecule has 3 aliphatic rings. The van der Waals surface area contributed by atoms with Gasteiger partial charge in [0.05, 0.1) is 13.1 Å². The predicted molar refractivity (Wildman–Crippen MR) is 118 cm³/mol. The monoisotopic (exact) mass is 450 g/mol. The van der Waals surface area contributed by atoms with Crippen molar-refractivity contribution in [2.24, 2.45) is 5.92 Å². The first-order chi connectivity index (χ1) is 15.9. The lowest BCUT2D eigenvalue weighted by molar-refractivity contribution is -0.183. The Morgan fingerprint density at radius 1 is 1.00 bits per heavy atom. The van der Waals surface area contributed by atoms with Gasteiger partial charge >= 0.3 is 12.1 Å². The van der Waals surface area contributed by atoms with Crippen LogP contribution in [0.15, 0.2) is 48.5 Å². The fraction of sp³-hybridized carbons (Fsp3) is 0.400. The van der Waals surface area contributed by atoms with Gasteiger partial charge in [-0.3, -0.25) is 4.79 Å². The van der Waals surface area contributed by atoms with Crippen molar-refractivity contribution in [1.29, 1.82) is 0 Å². The van der Waals surface area contributed by atoms with Gasteiger partial charge in [0.2, 0.25) is 5.91 Å². The average molecular weight is 450 g/mol. The zero-order valence-corrected chi connectivity index (χ0v) is 18.1. The first kappa shape index (κ1) is 21.5. The van der Waals surface area contributed by atoms with Crippen molar-refractivity contribution in [1.82, 2.24) is 10.2 Å². The van der Waals surface area contributed by atoms with Gasteiger partial charge in [0.25, 0.3) is 0 Å². The number of fused-ring (bicyclic) bond motifs is 3. The molecule has 0 bridgehead atoms. The van der Waals surface area contributed by atoms with Gasteiger partial charge in [0, 0.05) is 17.9 Å². The van der Waals surface area contributed by atoms with Crippen LogP contribution in [0.3, 0.4) is 0 Å². The van der Waals surface area contributed by atoms with E-state index in [0.29, 0.717) is 19.3 Å². The van der Waals surface area contributed by atoms with Crippen LogP contribution >= 0.6 is 0 Å². The second kappa shape index (κ2) is 8.19. The zero-order valence-electron chi connectivity index (χ0n) is 18.1. The molecular weight excluding hydrogens is 424 g/mol. The van der Waals surface area contributed by atoms with Crippen LogP contribution in [0.1, 0.15) is 36.3 Å². The van der Waals surface area contributed by atoms with Crippen LogP contribution in [0.4, 0.5) is 4.79 Å². The Bertz CT molecular complexity index is 1060. The van der Waals surface area contributed by atoms with E-state index in [1.807, 2.05) is 24.3 Å². The fourth-order valence-electron chi connectivity index (χ4n) is 5.28. The number of carboxylic acid groups (broad SMARTS) is 1. The Morgan fingerprint density at radius 3 is 2.21 bits per heavy atom. The molecule has 0 spiro atoms. The molecule has 5 rings (SSSR count). The molecular formula is C25H26N2O6. The van der Waals surface area contributed by atoms with Crippen molar-refractivity contribution in [2.75, 3.05) is 19.7 Å². The number of carboxylic acids is 1. The number of carbonyl (C=O) groups is 3. The molecule has 1 aliphatic heterocycles. The van der Waals surface area contributed by atoms with Gasteiger partial charge in [-0.25, -0.2) is 9.59 Å². The molecule has 172 valence electrons. The number of ether oxygens (including phenoxy) is 1. The maximum Gasteiger partial charge on any atom is 0.407 e. The summed E-state index contributed by atoms with van der Waals surface area (Å²) in [5, 5.41) is 21.7. The van der Waals surface area contributed by atoms with Crippen molar-refractivity contribution in [2.45, 2.75) is 36.8 Å². The van der Waals surface area contributed by atoms with Crippen molar-refractivity contribution >= 4 is 18.0 Å². The maximum atomic E-state index is 12.6. The van der Waals surface area contributed by atoms with E-state index < -0.39 is 17.7 Å². The molecule has 0 radical (unpaired) electrons. The number of hydrogen-bond donors (Lipinski definition) is 3. The molecule has 2 fully saturated rings. The molecule has 8 heteroatoms. The van der Waals surface area contributed by atoms with Crippen molar-refractivity contribution in [3.8, 4) is 11.1 Å². The third-order valence-corrected chi connectivity index (χ3v) is 7.06. The van der Waals surface area contributed by atoms with Gasteiger partial charge in [0.1, 0.15) is 6.61 Å². The second-order valence-corrected chi connectivity index (χ2v) is 9.21. The molecule has 1 heterocycles. The number of benzene rings is 2. The quantitative estimate of drug-likeness (QED) is 0.644. The Kier molecular flexibility index (Phi) is 5.32. The van der Waals surface area contributed by atoms with E-state index in [-0.39, 0.29) is 43.5 Å². The van der Waals surface area contributed by atoms with E-state index in [2.05, 4.69) is 29.6 Å². The SMILES string of the molecule is O=C(N[C@H]1CC[C@@H](C(=O)N2CC(O)(C(=O)O)C2)C1)OCC1c2ccccc2-c2ccccc21. The standard InChI is InChI=1S/C25H26N2O6/c28-22(27-13-25(32,14-27)23(29)30)15-9-10-16(11-15)26-24(31)33-12-21-19-7-3-1-5-17(19)18-6-2-4-8-20(18)21/h1-8,15-16,21,32H,9-14H2,(H,26,31)(H,29,30)/t15-,16+/m1/s1. The maximum absolute atomic E-state index is 12.6. The number of alkyl carbamates (subject to hydrolysis) is 1. The van der Waals surface area contributed by atoms with Gasteiger partial charge in [0.15, 0.2) is 5.60 Å². The largest absolute Gasteiger partial charge is 0.479 e. The van der Waals surface area contributed by atoms with Gasteiger partial charge in [-0.2, -0.15) is 0 Å². The molecule has 0 unspecified atom stereocenters. The van der Waals surface area contributed by atoms with E-state index in [1.54, 1.807) is 0 Å². The zero-order chi connectivity index (χ0) is 23.2. The van der Waals surface area contributed by atoms with Crippen molar-refractivity contribution < 1.29 is 29.3 Å². The summed E-state index contributed by atoms with van der Waals surface area (Å²) in [5.41, 5.74) is 2.79. The molecule has 0 aromatic heterocycles. The number of aliphatic carboxylic acids is 1. The summed E-state index contributed by atoms with van der Waals surface area (Å²) in [7, 11) is 0. The minimum absolute atomic E-state index is 0.0135. The normalized spacial score (nSPS) is 22.8. The third-order valence-electron chi connectivity index (χ3n) is 7.06. The van der Waals surface area contributed by atoms with Crippen LogP contribution in [0.5, 0.6) is 0 Å². The summed E-state index contributed by atoms with van der Waals surface area (Å²) in [5.74, 6) is -1.78. The Morgan fingerprint density at radius 2 is 1.61 bits per heavy atom. The number of nitrogens with zero attached hydrogens (tertiary/aromatic N) is 1. The summed E-state index contributed by atoms with van der Waals surface area (Å²) in [6.45, 7) is -0.152. The molecule has 1 saturated heterocycles. The lowest BCUT2D eigenvalue weighted by atomic mass is 9.92. The Labute approximate surface area is 191 Å². The van der Waals surface area contributed by atoms with Gasteiger partial charge in [-0.1, -0.05) is 48.5 Å². The van der Waals surface area contributed by atoms with E-state index in [1.165, 1.54) is 16.0 Å². The molecule has 2 aromatic rings. The van der Waals surface area contributed by atoms with E-state index in [9.17, 15) is 19.5 Å². The number of amides is 2. The third kappa shape index (κ3) is 3.84. The van der Waals surface area contributed by atoms with E-state index in [0.717, 1.165) is 11.1 Å². The Hall–Kier alpha value is -3.39. The first-order valence-corrected chi connectivity index (χ1v) is 11.2. The molecule has 33 heavy (non-hydrogen) atoms. The highest BCUT2D eigenvalue weighted by molar-refractivity contribution is 5.86. The molecule has 2 atom stereocenters. The summed E-state index contributed by atoms with van der Waals surface area (Å²) in [6, 6.07) is 16.1. The molecule has 2 aliphatic carbocycles. The van der Waals surface area contributed by atoms with Crippen LogP contribution in [0.2, 0.25) is 0 Å². The van der Waals surface area contributed by atoms with Crippen molar-refractivity contribution in [3.05, 3.63) is 59.7 Å². The van der Waals surface area contributed by atoms with Gasteiger partial charge < -0.3 is 25.2 Å². The highest BCUT2D eigenvalue weighted by Gasteiger charge is 2.51. The highest BCUT2D eigenvalue weighted by atomic mass is 16.5. The average Bonchev–Trinajstić information content (AvgIpc) is 3.37. The number of nitrogens with one attached hydrogen (secondary N) is 1. The number of hydrogen-bond acceptors (Lipinski definition) is 5. The lowest BCUT2D eigenvalue weighted by Gasteiger charge is -2.44. The number of rotatable bonds is 5. The predicted octanol–water partition coefficient (Wildman–Crippen LogP) is 2.35. The molecule has 3 N–H and O–H groups in total. The summed E-state index contributed by atoms with van der Waals surface area (Å²) in [6.07, 6.45) is 1.23. The molecule has 8 nitrogen and oxygen atoms in total. The van der Waals surface area contributed by atoms with Crippen LogP contribution < -0.4 is 5.32 Å². The van der Waals surface area contributed by atoms with Crippen molar-refractivity contribution in [3.63, 3.8) is 0 Å². The van der Waals surface area contributed by atoms with Crippen LogP contribution in [-0.2, 0) is 14.3 Å². The summed E-state index contributed by atoms with van der Waals surface area (Å²) < 4.78 is 5.59. The molecule has 2 amide bonds. The fourth-order valence-corrected chi connectivity index (χ4v) is 5.28. The molecule has 2 aromatic carbocycles. The topological polar surface area (TPSA) is 116 Å². The lowest BCUT2D eigenvalue weighted by Crippen LogP contribution is -2.68. The second-order valence-electron chi connectivity index (χ2n) is 9.21. The highest BCUT2D eigenvalue weighted by Crippen LogP contribution is 2.44. The summed E-state index contributed by atoms with van der Waals surface area (Å²) >= 11 is 0. The van der Waals surface area contributed by atoms with Crippen LogP contribution in [-0.4, -0.2) is 64.4 Å². The number of likely N-dealkylation sites (tertiary alicyclic amines) is 1. The minimum Gasteiger partial charge on any atom is -0.479 e. The van der Waals surface area contributed by atoms with Gasteiger partial charge in [-0.05, 0) is 41.5 Å². The van der Waals surface area contributed by atoms with E-state index in [4.69, 9.17) is 9.84 Å². The number of aliphatic hydroxyl groups is 1. The van der Waals surface area contributed by atoms with E-state index >= 15 is 0 Å². The smallest absolute Gasteiger partial charge is 0.407 e. The first-order valence-electron chi connectivity index (χ1n) is 11.2. The van der Waals surface area contributed by atoms with Gasteiger partial charge in [-0.15, -0.1) is 0 Å². The number of carbonyl (C=O) groups excluding carboxylic acids is 2. The van der Waals surface area contributed by atoms with Crippen LogP contribution in [0.25, 0.3) is 11.1 Å². The Balaban J connectivity index is 1.13. The summed E-state index contributed by atoms with van der Waals surface area (Å²) in [4.78, 5) is 37.5. The minimum atomic E-state index is -1.84. The number of β-amino-alcohol motifs (C(OH)–C–C–N with tert-alkyl or cyclic N) is 1. The molecule has 1 saturated carbocycles.